The number of nitrogens with zero attached hydrogens (tertiary/aromatic N) is 3. The van der Waals surface area contributed by atoms with E-state index in [1.807, 2.05) is 6.07 Å². The largest absolute Gasteiger partial charge is 0.444 e. The maximum Gasteiger partial charge on any atom is 0.407 e. The number of amides is 1. The Morgan fingerprint density at radius 1 is 1.27 bits per heavy atom. The van der Waals surface area contributed by atoms with Gasteiger partial charge in [-0.2, -0.15) is 14.0 Å². The highest BCUT2D eigenvalue weighted by molar-refractivity contribution is 5.67. The molecule has 0 spiro atoms. The predicted octanol–water partition coefficient (Wildman–Crippen LogP) is 3.77. The summed E-state index contributed by atoms with van der Waals surface area (Å²) in [5.41, 5.74) is -0.466. The molecule has 0 bridgehead atoms. The zero-order valence-corrected chi connectivity index (χ0v) is 16.4. The summed E-state index contributed by atoms with van der Waals surface area (Å²) in [5.74, 6) is -1.12. The predicted molar refractivity (Wildman–Crippen MR) is 100 cm³/mol. The van der Waals surface area contributed by atoms with Crippen LogP contribution in [0.25, 0.3) is 0 Å². The van der Waals surface area contributed by atoms with E-state index >= 15 is 0 Å². The van der Waals surface area contributed by atoms with Crippen molar-refractivity contribution in [2.75, 3.05) is 11.9 Å². The van der Waals surface area contributed by atoms with Gasteiger partial charge in [0, 0.05) is 18.2 Å². The van der Waals surface area contributed by atoms with Crippen molar-refractivity contribution in [2.24, 2.45) is 0 Å². The summed E-state index contributed by atoms with van der Waals surface area (Å²) in [6.07, 6.45) is 1.81. The topological polar surface area (TPSA) is 109 Å². The number of alkyl carbamates (subject to hydrolysis) is 1. The standard InChI is InChI=1S/C19H20F3N5O3/c1-19(2,3)30-18(28)26-10-15(27-17-24-8-11(7-23)9-25-17)13-5-4-12(6-14(13)20)29-16(21)22/h4-6,8-9,15-16H,10H2,1-3H3,(H,26,28)(H,24,25,27). The number of alkyl halides is 2. The third-order valence-electron chi connectivity index (χ3n) is 3.51. The van der Waals surface area contributed by atoms with E-state index < -0.39 is 30.2 Å². The Bertz CT molecular complexity index is 911. The van der Waals surface area contributed by atoms with Gasteiger partial charge in [-0.1, -0.05) is 6.07 Å². The summed E-state index contributed by atoms with van der Waals surface area (Å²) in [6.45, 7) is 1.84. The molecule has 0 saturated carbocycles. The zero-order chi connectivity index (χ0) is 22.3. The monoisotopic (exact) mass is 423 g/mol. The van der Waals surface area contributed by atoms with Crippen LogP contribution in [0.1, 0.15) is 37.9 Å². The van der Waals surface area contributed by atoms with E-state index in [2.05, 4.69) is 25.3 Å². The molecule has 1 amide bonds. The van der Waals surface area contributed by atoms with Crippen LogP contribution in [0.15, 0.2) is 30.6 Å². The lowest BCUT2D eigenvalue weighted by molar-refractivity contribution is -0.0500. The van der Waals surface area contributed by atoms with Crippen LogP contribution >= 0.6 is 0 Å². The normalized spacial score (nSPS) is 12.1. The molecule has 1 heterocycles. The number of carbonyl (C=O) groups is 1. The van der Waals surface area contributed by atoms with Gasteiger partial charge in [-0.05, 0) is 26.8 Å². The highest BCUT2D eigenvalue weighted by Crippen LogP contribution is 2.25. The van der Waals surface area contributed by atoms with Gasteiger partial charge < -0.3 is 20.1 Å². The van der Waals surface area contributed by atoms with Crippen LogP contribution in [-0.4, -0.2) is 34.8 Å². The molecule has 1 atom stereocenters. The molecular formula is C19H20F3N5O3. The molecule has 0 aliphatic carbocycles. The molecular weight excluding hydrogens is 403 g/mol. The summed E-state index contributed by atoms with van der Waals surface area (Å²) >= 11 is 0. The molecule has 30 heavy (non-hydrogen) atoms. The van der Waals surface area contributed by atoms with E-state index in [0.717, 1.165) is 6.07 Å². The molecule has 0 radical (unpaired) electrons. The average Bonchev–Trinajstić information content (AvgIpc) is 2.64. The highest BCUT2D eigenvalue weighted by Gasteiger charge is 2.21. The fraction of sp³-hybridized carbons (Fsp3) is 0.368. The average molecular weight is 423 g/mol. The molecule has 0 fully saturated rings. The second-order valence-corrected chi connectivity index (χ2v) is 7.05. The first kappa shape index (κ1) is 22.7. The van der Waals surface area contributed by atoms with Gasteiger partial charge in [0.2, 0.25) is 5.95 Å². The minimum absolute atomic E-state index is 0.0423. The first-order valence-corrected chi connectivity index (χ1v) is 8.77. The fourth-order valence-corrected chi connectivity index (χ4v) is 2.32. The molecule has 0 aliphatic heterocycles. The highest BCUT2D eigenvalue weighted by atomic mass is 19.3. The Labute approximate surface area is 171 Å². The zero-order valence-electron chi connectivity index (χ0n) is 16.4. The molecule has 1 unspecified atom stereocenters. The second kappa shape index (κ2) is 9.78. The van der Waals surface area contributed by atoms with Gasteiger partial charge >= 0.3 is 12.7 Å². The van der Waals surface area contributed by atoms with Gasteiger partial charge in [-0.25, -0.2) is 19.2 Å². The molecule has 1 aromatic heterocycles. The number of hydrogen-bond acceptors (Lipinski definition) is 7. The van der Waals surface area contributed by atoms with E-state index in [4.69, 9.17) is 10.00 Å². The van der Waals surface area contributed by atoms with Gasteiger partial charge in [0.25, 0.3) is 0 Å². The Hall–Kier alpha value is -3.55. The molecule has 2 rings (SSSR count). The van der Waals surface area contributed by atoms with Crippen LogP contribution < -0.4 is 15.4 Å². The lowest BCUT2D eigenvalue weighted by Gasteiger charge is -2.23. The summed E-state index contributed by atoms with van der Waals surface area (Å²) in [5, 5.41) is 14.2. The van der Waals surface area contributed by atoms with Crippen molar-refractivity contribution in [1.82, 2.24) is 15.3 Å². The summed E-state index contributed by atoms with van der Waals surface area (Å²) in [6, 6.07) is 4.21. The summed E-state index contributed by atoms with van der Waals surface area (Å²) < 4.78 is 48.6. The number of nitriles is 1. The molecule has 0 aliphatic rings. The van der Waals surface area contributed by atoms with Crippen LogP contribution in [-0.2, 0) is 4.74 Å². The lowest BCUT2D eigenvalue weighted by Crippen LogP contribution is -2.36. The molecule has 1 aromatic carbocycles. The maximum absolute atomic E-state index is 14.6. The molecule has 0 saturated heterocycles. The van der Waals surface area contributed by atoms with Gasteiger partial charge in [0.15, 0.2) is 0 Å². The number of benzene rings is 1. The molecule has 160 valence electrons. The quantitative estimate of drug-likeness (QED) is 0.698. The van der Waals surface area contributed by atoms with Crippen molar-refractivity contribution >= 4 is 12.0 Å². The number of nitrogens with one attached hydrogen (secondary N) is 2. The van der Waals surface area contributed by atoms with Crippen molar-refractivity contribution in [3.05, 3.63) is 47.5 Å². The van der Waals surface area contributed by atoms with Crippen molar-refractivity contribution in [3.8, 4) is 11.8 Å². The van der Waals surface area contributed by atoms with Crippen molar-refractivity contribution in [1.29, 1.82) is 5.26 Å². The Morgan fingerprint density at radius 3 is 2.47 bits per heavy atom. The van der Waals surface area contributed by atoms with Crippen LogP contribution in [0.2, 0.25) is 0 Å². The minimum atomic E-state index is -3.09. The number of anilines is 1. The van der Waals surface area contributed by atoms with Crippen LogP contribution in [0.3, 0.4) is 0 Å². The Balaban J connectivity index is 2.23. The number of rotatable bonds is 7. The lowest BCUT2D eigenvalue weighted by atomic mass is 10.1. The van der Waals surface area contributed by atoms with Crippen molar-refractivity contribution < 1.29 is 27.4 Å². The van der Waals surface area contributed by atoms with E-state index in [9.17, 15) is 18.0 Å². The molecule has 8 nitrogen and oxygen atoms in total. The van der Waals surface area contributed by atoms with Crippen LogP contribution in [0.5, 0.6) is 5.75 Å². The first-order chi connectivity index (χ1) is 14.1. The number of aromatic nitrogens is 2. The summed E-state index contributed by atoms with van der Waals surface area (Å²) in [4.78, 5) is 19.9. The number of ether oxygens (including phenoxy) is 2. The van der Waals surface area contributed by atoms with Crippen molar-refractivity contribution in [3.63, 3.8) is 0 Å². The van der Waals surface area contributed by atoms with E-state index in [1.165, 1.54) is 24.5 Å². The smallest absolute Gasteiger partial charge is 0.407 e. The van der Waals surface area contributed by atoms with E-state index in [1.54, 1.807) is 20.8 Å². The Morgan fingerprint density at radius 2 is 1.93 bits per heavy atom. The molecule has 2 aromatic rings. The molecule has 2 N–H and O–H groups in total. The number of hydrogen-bond donors (Lipinski definition) is 2. The fourth-order valence-electron chi connectivity index (χ4n) is 2.32. The SMILES string of the molecule is CC(C)(C)OC(=O)NCC(Nc1ncc(C#N)cn1)c1ccc(OC(F)F)cc1F. The minimum Gasteiger partial charge on any atom is -0.444 e. The number of carbonyl (C=O) groups excluding carboxylic acids is 1. The van der Waals surface area contributed by atoms with Crippen LogP contribution in [0.4, 0.5) is 23.9 Å². The van der Waals surface area contributed by atoms with Gasteiger partial charge in [0.1, 0.15) is 23.2 Å². The van der Waals surface area contributed by atoms with Crippen LogP contribution in [0, 0.1) is 17.1 Å². The van der Waals surface area contributed by atoms with Gasteiger partial charge in [-0.3, -0.25) is 0 Å². The first-order valence-electron chi connectivity index (χ1n) is 8.77. The number of halogens is 3. The van der Waals surface area contributed by atoms with E-state index in [-0.39, 0.29) is 29.4 Å². The molecule has 11 heteroatoms. The van der Waals surface area contributed by atoms with Gasteiger partial charge in [0.05, 0.1) is 24.0 Å². The maximum atomic E-state index is 14.6. The van der Waals surface area contributed by atoms with E-state index in [0.29, 0.717) is 0 Å². The third-order valence-corrected chi connectivity index (χ3v) is 3.51. The third kappa shape index (κ3) is 7.12. The summed E-state index contributed by atoms with van der Waals surface area (Å²) in [7, 11) is 0. The van der Waals surface area contributed by atoms with Crippen molar-refractivity contribution in [2.45, 2.75) is 39.0 Å². The Kier molecular flexibility index (Phi) is 7.41. The second-order valence-electron chi connectivity index (χ2n) is 7.05. The van der Waals surface area contributed by atoms with Gasteiger partial charge in [-0.15, -0.1) is 0 Å².